The van der Waals surface area contributed by atoms with Crippen molar-refractivity contribution >= 4 is 22.9 Å². The Hall–Kier alpha value is -0.830. The van der Waals surface area contributed by atoms with E-state index in [0.29, 0.717) is 6.04 Å². The lowest BCUT2D eigenvalue weighted by Gasteiger charge is -2.19. The van der Waals surface area contributed by atoms with E-state index in [1.54, 1.807) is 22.5 Å². The molecule has 21 heavy (non-hydrogen) atoms. The van der Waals surface area contributed by atoms with Crippen molar-refractivity contribution in [3.05, 3.63) is 56.2 Å². The Morgan fingerprint density at radius 1 is 1.19 bits per heavy atom. The lowest BCUT2D eigenvalue weighted by molar-refractivity contribution is 0.532. The molecule has 1 nitrogen and oxygen atoms in total. The van der Waals surface area contributed by atoms with Crippen molar-refractivity contribution in [2.75, 3.05) is 6.54 Å². The van der Waals surface area contributed by atoms with Crippen LogP contribution in [0.5, 0.6) is 0 Å². The highest BCUT2D eigenvalue weighted by atomic mass is 35.5. The zero-order valence-corrected chi connectivity index (χ0v) is 14.1. The molecule has 1 unspecified atom stereocenters. The van der Waals surface area contributed by atoms with Crippen LogP contribution < -0.4 is 5.32 Å². The molecule has 0 aliphatic heterocycles. The van der Waals surface area contributed by atoms with Gasteiger partial charge in [0.2, 0.25) is 0 Å². The van der Waals surface area contributed by atoms with E-state index in [9.17, 15) is 0 Å². The Morgan fingerprint density at radius 3 is 2.81 bits per heavy atom. The van der Waals surface area contributed by atoms with Gasteiger partial charge in [0, 0.05) is 17.3 Å². The highest BCUT2D eigenvalue weighted by Gasteiger charge is 2.17. The van der Waals surface area contributed by atoms with Crippen LogP contribution in [0.25, 0.3) is 0 Å². The summed E-state index contributed by atoms with van der Waals surface area (Å²) in [6.07, 6.45) is 5.99. The van der Waals surface area contributed by atoms with Gasteiger partial charge in [-0.25, -0.2) is 0 Å². The number of rotatable bonds is 6. The van der Waals surface area contributed by atoms with E-state index in [2.05, 4.69) is 36.5 Å². The fourth-order valence-corrected chi connectivity index (χ4v) is 4.23. The van der Waals surface area contributed by atoms with Crippen molar-refractivity contribution in [3.8, 4) is 0 Å². The molecule has 1 aliphatic carbocycles. The van der Waals surface area contributed by atoms with Gasteiger partial charge in [-0.15, -0.1) is 11.3 Å². The molecule has 0 amide bonds. The molecule has 0 spiro atoms. The van der Waals surface area contributed by atoms with Crippen LogP contribution in [0.3, 0.4) is 0 Å². The zero-order chi connectivity index (χ0) is 14.7. The molecule has 0 bridgehead atoms. The summed E-state index contributed by atoms with van der Waals surface area (Å²) in [5, 5.41) is 3.70. The maximum atomic E-state index is 6.07. The van der Waals surface area contributed by atoms with Crippen molar-refractivity contribution in [2.24, 2.45) is 0 Å². The molecule has 2 aromatic rings. The van der Waals surface area contributed by atoms with Crippen LogP contribution in [-0.4, -0.2) is 6.54 Å². The molecule has 3 heteroatoms. The van der Waals surface area contributed by atoms with Crippen molar-refractivity contribution in [1.82, 2.24) is 5.32 Å². The quantitative estimate of drug-likeness (QED) is 0.774. The second-order valence-corrected chi connectivity index (χ2v) is 7.60. The molecular weight excluding hydrogens is 298 g/mol. The average molecular weight is 320 g/mol. The smallest absolute Gasteiger partial charge is 0.0931 e. The van der Waals surface area contributed by atoms with Gasteiger partial charge < -0.3 is 5.32 Å². The standard InChI is InChI=1S/C18H22ClNS/c1-2-10-20-17(12-16-8-9-18(19)21-16)15-7-6-13-4-3-5-14(13)11-15/h6-9,11,17,20H,2-5,10,12H2,1H3. The normalized spacial score (nSPS) is 15.1. The minimum atomic E-state index is 0.394. The molecule has 0 fully saturated rings. The van der Waals surface area contributed by atoms with Crippen LogP contribution in [0.15, 0.2) is 30.3 Å². The molecule has 0 saturated heterocycles. The van der Waals surface area contributed by atoms with Crippen LogP contribution in [-0.2, 0) is 19.3 Å². The van der Waals surface area contributed by atoms with E-state index in [1.807, 2.05) is 6.07 Å². The Balaban J connectivity index is 1.80. The van der Waals surface area contributed by atoms with E-state index in [-0.39, 0.29) is 0 Å². The lowest BCUT2D eigenvalue weighted by atomic mass is 9.98. The molecular formula is C18H22ClNS. The van der Waals surface area contributed by atoms with Crippen molar-refractivity contribution in [3.63, 3.8) is 0 Å². The minimum Gasteiger partial charge on any atom is -0.310 e. The zero-order valence-electron chi connectivity index (χ0n) is 12.5. The third-order valence-corrected chi connectivity index (χ3v) is 5.45. The Kier molecular flexibility index (Phi) is 4.99. The molecule has 1 heterocycles. The first-order valence-electron chi connectivity index (χ1n) is 7.85. The second kappa shape index (κ2) is 6.95. The maximum absolute atomic E-state index is 6.07. The topological polar surface area (TPSA) is 12.0 Å². The molecule has 1 aromatic heterocycles. The van der Waals surface area contributed by atoms with Crippen molar-refractivity contribution < 1.29 is 0 Å². The summed E-state index contributed by atoms with van der Waals surface area (Å²) in [5.74, 6) is 0. The SMILES string of the molecule is CCCNC(Cc1ccc(Cl)s1)c1ccc2c(c1)CCC2. The maximum Gasteiger partial charge on any atom is 0.0931 e. The third-order valence-electron chi connectivity index (χ3n) is 4.20. The molecule has 0 radical (unpaired) electrons. The van der Waals surface area contributed by atoms with Gasteiger partial charge in [-0.2, -0.15) is 0 Å². The van der Waals surface area contributed by atoms with E-state index in [1.165, 1.54) is 29.7 Å². The first-order valence-corrected chi connectivity index (χ1v) is 9.05. The predicted octanol–water partition coefficient (Wildman–Crippen LogP) is 5.17. The highest BCUT2D eigenvalue weighted by molar-refractivity contribution is 7.16. The summed E-state index contributed by atoms with van der Waals surface area (Å²) in [4.78, 5) is 1.36. The van der Waals surface area contributed by atoms with E-state index in [4.69, 9.17) is 11.6 Å². The van der Waals surface area contributed by atoms with Gasteiger partial charge in [-0.05, 0) is 61.1 Å². The number of hydrogen-bond acceptors (Lipinski definition) is 2. The van der Waals surface area contributed by atoms with Crippen LogP contribution in [0.1, 0.15) is 47.4 Å². The highest BCUT2D eigenvalue weighted by Crippen LogP contribution is 2.29. The third kappa shape index (κ3) is 3.68. The molecule has 1 aliphatic rings. The van der Waals surface area contributed by atoms with Gasteiger partial charge in [-0.3, -0.25) is 0 Å². The van der Waals surface area contributed by atoms with Crippen LogP contribution in [0.4, 0.5) is 0 Å². The van der Waals surface area contributed by atoms with Gasteiger partial charge in [0.05, 0.1) is 4.34 Å². The summed E-state index contributed by atoms with van der Waals surface area (Å²) in [5.41, 5.74) is 4.53. The molecule has 1 aromatic carbocycles. The van der Waals surface area contributed by atoms with Gasteiger partial charge in [0.15, 0.2) is 0 Å². The number of aryl methyl sites for hydroxylation is 2. The lowest BCUT2D eigenvalue weighted by Crippen LogP contribution is -2.24. The first-order chi connectivity index (χ1) is 10.3. The number of fused-ring (bicyclic) bond motifs is 1. The average Bonchev–Trinajstić information content (AvgIpc) is 3.11. The monoisotopic (exact) mass is 319 g/mol. The number of nitrogens with one attached hydrogen (secondary N) is 1. The number of thiophene rings is 1. The van der Waals surface area contributed by atoms with Gasteiger partial charge in [0.25, 0.3) is 0 Å². The van der Waals surface area contributed by atoms with Gasteiger partial charge in [-0.1, -0.05) is 36.7 Å². The molecule has 1 N–H and O–H groups in total. The van der Waals surface area contributed by atoms with E-state index >= 15 is 0 Å². The molecule has 0 saturated carbocycles. The predicted molar refractivity (Wildman–Crippen MR) is 92.5 cm³/mol. The summed E-state index contributed by atoms with van der Waals surface area (Å²) in [6, 6.07) is 11.6. The summed E-state index contributed by atoms with van der Waals surface area (Å²) >= 11 is 7.76. The number of hydrogen-bond donors (Lipinski definition) is 1. The fourth-order valence-electron chi connectivity index (χ4n) is 3.10. The van der Waals surface area contributed by atoms with Gasteiger partial charge >= 0.3 is 0 Å². The van der Waals surface area contributed by atoms with Crippen LogP contribution in [0.2, 0.25) is 4.34 Å². The Bertz CT molecular complexity index is 605. The minimum absolute atomic E-state index is 0.394. The van der Waals surface area contributed by atoms with Crippen molar-refractivity contribution in [1.29, 1.82) is 0 Å². The molecule has 3 rings (SSSR count). The number of halogens is 1. The fraction of sp³-hybridized carbons (Fsp3) is 0.444. The molecule has 112 valence electrons. The van der Waals surface area contributed by atoms with Crippen molar-refractivity contribution in [2.45, 2.75) is 45.1 Å². The molecule has 1 atom stereocenters. The first kappa shape index (κ1) is 15.1. The summed E-state index contributed by atoms with van der Waals surface area (Å²) in [7, 11) is 0. The largest absolute Gasteiger partial charge is 0.310 e. The Labute approximate surface area is 136 Å². The van der Waals surface area contributed by atoms with Crippen LogP contribution >= 0.6 is 22.9 Å². The van der Waals surface area contributed by atoms with E-state index < -0.39 is 0 Å². The summed E-state index contributed by atoms with van der Waals surface area (Å²) in [6.45, 7) is 3.27. The van der Waals surface area contributed by atoms with Gasteiger partial charge in [0.1, 0.15) is 0 Å². The van der Waals surface area contributed by atoms with Crippen LogP contribution in [0, 0.1) is 0 Å². The Morgan fingerprint density at radius 2 is 2.05 bits per heavy atom. The van der Waals surface area contributed by atoms with E-state index in [0.717, 1.165) is 23.7 Å². The summed E-state index contributed by atoms with van der Waals surface area (Å²) < 4.78 is 0.883. The number of benzene rings is 1. The second-order valence-electron chi connectivity index (χ2n) is 5.80.